The van der Waals surface area contributed by atoms with E-state index in [4.69, 9.17) is 20.8 Å². The molecule has 1 saturated heterocycles. The topological polar surface area (TPSA) is 80.1 Å². The van der Waals surface area contributed by atoms with Crippen molar-refractivity contribution < 1.29 is 23.5 Å². The first-order valence-electron chi connectivity index (χ1n) is 9.57. The Labute approximate surface area is 183 Å². The first-order chi connectivity index (χ1) is 15.0. The highest BCUT2D eigenvalue weighted by Gasteiger charge is 2.44. The van der Waals surface area contributed by atoms with Crippen LogP contribution in [0.4, 0.5) is 5.69 Å². The largest absolute Gasteiger partial charge is 0.497 e. The minimum Gasteiger partial charge on any atom is -0.497 e. The zero-order valence-electron chi connectivity index (χ0n) is 16.7. The molecular formula is C23H19ClN2O5. The molecule has 3 aromatic rings. The number of furan rings is 1. The Bertz CT molecular complexity index is 1090. The van der Waals surface area contributed by atoms with Crippen LogP contribution in [-0.4, -0.2) is 35.8 Å². The summed E-state index contributed by atoms with van der Waals surface area (Å²) in [6.45, 7) is 0.0502. The SMILES string of the molecule is COc1ccc(N2C(=O)C[C@H](N(Cc3ccco3)C(=O)c3ccc(Cl)cc3)C2=O)cc1. The van der Waals surface area contributed by atoms with Crippen molar-refractivity contribution in [3.8, 4) is 5.75 Å². The molecular weight excluding hydrogens is 420 g/mol. The van der Waals surface area contributed by atoms with Crippen LogP contribution >= 0.6 is 11.6 Å². The van der Waals surface area contributed by atoms with E-state index in [-0.39, 0.29) is 18.9 Å². The summed E-state index contributed by atoms with van der Waals surface area (Å²) in [5, 5.41) is 0.493. The standard InChI is InChI=1S/C23H19ClN2O5/c1-30-18-10-8-17(9-11-18)26-21(27)13-20(23(26)29)25(14-19-3-2-12-31-19)22(28)15-4-6-16(24)7-5-15/h2-12,20H,13-14H2,1H3/t20-/m0/s1. The first-order valence-corrected chi connectivity index (χ1v) is 9.95. The van der Waals surface area contributed by atoms with Gasteiger partial charge in [-0.15, -0.1) is 0 Å². The fraction of sp³-hybridized carbons (Fsp3) is 0.174. The molecule has 1 aliphatic rings. The maximum Gasteiger partial charge on any atom is 0.257 e. The number of methoxy groups -OCH3 is 1. The van der Waals surface area contributed by atoms with Gasteiger partial charge in [0.05, 0.1) is 32.0 Å². The Morgan fingerprint density at radius 1 is 1.13 bits per heavy atom. The Kier molecular flexibility index (Phi) is 5.77. The average molecular weight is 439 g/mol. The lowest BCUT2D eigenvalue weighted by molar-refractivity contribution is -0.122. The zero-order chi connectivity index (χ0) is 22.0. The highest BCUT2D eigenvalue weighted by molar-refractivity contribution is 6.30. The summed E-state index contributed by atoms with van der Waals surface area (Å²) >= 11 is 5.93. The van der Waals surface area contributed by atoms with Gasteiger partial charge >= 0.3 is 0 Å². The van der Waals surface area contributed by atoms with Crippen molar-refractivity contribution in [3.05, 3.63) is 83.3 Å². The minimum atomic E-state index is -0.956. The van der Waals surface area contributed by atoms with Gasteiger partial charge in [-0.05, 0) is 60.7 Å². The molecule has 4 rings (SSSR count). The third-order valence-electron chi connectivity index (χ3n) is 5.09. The fourth-order valence-electron chi connectivity index (χ4n) is 3.51. The highest BCUT2D eigenvalue weighted by Crippen LogP contribution is 2.29. The monoisotopic (exact) mass is 438 g/mol. The van der Waals surface area contributed by atoms with Crippen molar-refractivity contribution in [2.75, 3.05) is 12.0 Å². The molecule has 0 spiro atoms. The molecule has 0 N–H and O–H groups in total. The second kappa shape index (κ2) is 8.65. The molecule has 8 heteroatoms. The van der Waals surface area contributed by atoms with Gasteiger partial charge in [-0.1, -0.05) is 11.6 Å². The number of rotatable bonds is 6. The van der Waals surface area contributed by atoms with Crippen LogP contribution in [0.3, 0.4) is 0 Å². The summed E-state index contributed by atoms with van der Waals surface area (Å²) in [5.41, 5.74) is 0.786. The minimum absolute atomic E-state index is 0.0502. The van der Waals surface area contributed by atoms with Gasteiger partial charge in [0.1, 0.15) is 17.6 Å². The van der Waals surface area contributed by atoms with Crippen molar-refractivity contribution >= 4 is 35.0 Å². The number of carbonyl (C=O) groups is 3. The van der Waals surface area contributed by atoms with Crippen LogP contribution in [0.2, 0.25) is 5.02 Å². The number of hydrogen-bond donors (Lipinski definition) is 0. The van der Waals surface area contributed by atoms with E-state index in [0.29, 0.717) is 27.8 Å². The Morgan fingerprint density at radius 3 is 2.45 bits per heavy atom. The molecule has 2 aromatic carbocycles. The van der Waals surface area contributed by atoms with Crippen molar-refractivity contribution in [2.24, 2.45) is 0 Å². The Balaban J connectivity index is 1.65. The molecule has 31 heavy (non-hydrogen) atoms. The summed E-state index contributed by atoms with van der Waals surface area (Å²) < 4.78 is 10.5. The molecule has 7 nitrogen and oxygen atoms in total. The number of ether oxygens (including phenoxy) is 1. The van der Waals surface area contributed by atoms with E-state index in [1.807, 2.05) is 0 Å². The lowest BCUT2D eigenvalue weighted by atomic mass is 10.1. The summed E-state index contributed by atoms with van der Waals surface area (Å²) in [6.07, 6.45) is 1.37. The van der Waals surface area contributed by atoms with E-state index in [9.17, 15) is 14.4 Å². The fourth-order valence-corrected chi connectivity index (χ4v) is 3.64. The smallest absolute Gasteiger partial charge is 0.257 e. The number of nitrogens with zero attached hydrogens (tertiary/aromatic N) is 2. The molecule has 2 heterocycles. The van der Waals surface area contributed by atoms with Gasteiger partial charge in [0.15, 0.2) is 0 Å². The quantitative estimate of drug-likeness (QED) is 0.545. The van der Waals surface area contributed by atoms with E-state index >= 15 is 0 Å². The molecule has 0 aliphatic carbocycles. The van der Waals surface area contributed by atoms with Crippen molar-refractivity contribution in [3.63, 3.8) is 0 Å². The van der Waals surface area contributed by atoms with Gasteiger partial charge in [-0.3, -0.25) is 14.4 Å². The number of anilines is 1. The van der Waals surface area contributed by atoms with Crippen LogP contribution in [0.25, 0.3) is 0 Å². The lowest BCUT2D eigenvalue weighted by Gasteiger charge is -2.27. The molecule has 0 radical (unpaired) electrons. The van der Waals surface area contributed by atoms with Gasteiger partial charge in [0.2, 0.25) is 5.91 Å². The maximum absolute atomic E-state index is 13.3. The van der Waals surface area contributed by atoms with Crippen molar-refractivity contribution in [1.82, 2.24) is 4.90 Å². The third-order valence-corrected chi connectivity index (χ3v) is 5.34. The average Bonchev–Trinajstić information content (AvgIpc) is 3.39. The summed E-state index contributed by atoms with van der Waals surface area (Å²) in [7, 11) is 1.53. The van der Waals surface area contributed by atoms with E-state index in [1.54, 1.807) is 60.7 Å². The molecule has 3 amide bonds. The Hall–Kier alpha value is -3.58. The van der Waals surface area contributed by atoms with Crippen molar-refractivity contribution in [1.29, 1.82) is 0 Å². The zero-order valence-corrected chi connectivity index (χ0v) is 17.4. The van der Waals surface area contributed by atoms with Crippen LogP contribution in [0, 0.1) is 0 Å². The summed E-state index contributed by atoms with van der Waals surface area (Å²) in [5.74, 6) is -0.129. The molecule has 1 aromatic heterocycles. The van der Waals surface area contributed by atoms with Crippen LogP contribution in [0.5, 0.6) is 5.75 Å². The molecule has 1 fully saturated rings. The Morgan fingerprint density at radius 2 is 1.84 bits per heavy atom. The number of imide groups is 1. The number of hydrogen-bond acceptors (Lipinski definition) is 5. The van der Waals surface area contributed by atoms with Gasteiger partial charge in [-0.25, -0.2) is 4.90 Å². The molecule has 0 bridgehead atoms. The lowest BCUT2D eigenvalue weighted by Crippen LogP contribution is -2.45. The number of carbonyl (C=O) groups excluding carboxylic acids is 3. The third kappa shape index (κ3) is 4.18. The predicted molar refractivity (Wildman–Crippen MR) is 114 cm³/mol. The number of benzene rings is 2. The summed E-state index contributed by atoms with van der Waals surface area (Å²) in [4.78, 5) is 41.8. The first kappa shape index (κ1) is 20.7. The van der Waals surface area contributed by atoms with Gasteiger partial charge in [-0.2, -0.15) is 0 Å². The molecule has 1 aliphatic heterocycles. The van der Waals surface area contributed by atoms with E-state index in [0.717, 1.165) is 4.90 Å². The van der Waals surface area contributed by atoms with Crippen LogP contribution in [0.15, 0.2) is 71.3 Å². The molecule has 1 atom stereocenters. The number of halogens is 1. The van der Waals surface area contributed by atoms with Gasteiger partial charge in [0, 0.05) is 10.6 Å². The van der Waals surface area contributed by atoms with Gasteiger partial charge in [0.25, 0.3) is 11.8 Å². The van der Waals surface area contributed by atoms with Crippen LogP contribution in [0.1, 0.15) is 22.5 Å². The molecule has 0 unspecified atom stereocenters. The van der Waals surface area contributed by atoms with E-state index < -0.39 is 17.9 Å². The van der Waals surface area contributed by atoms with Crippen LogP contribution in [-0.2, 0) is 16.1 Å². The second-order valence-corrected chi connectivity index (χ2v) is 7.44. The van der Waals surface area contributed by atoms with E-state index in [1.165, 1.54) is 18.3 Å². The second-order valence-electron chi connectivity index (χ2n) is 7.00. The van der Waals surface area contributed by atoms with E-state index in [2.05, 4.69) is 0 Å². The van der Waals surface area contributed by atoms with Crippen molar-refractivity contribution in [2.45, 2.75) is 19.0 Å². The van der Waals surface area contributed by atoms with Crippen LogP contribution < -0.4 is 9.64 Å². The predicted octanol–water partition coefficient (Wildman–Crippen LogP) is 3.92. The normalized spacial score (nSPS) is 15.9. The maximum atomic E-state index is 13.3. The highest BCUT2D eigenvalue weighted by atomic mass is 35.5. The summed E-state index contributed by atoms with van der Waals surface area (Å²) in [6, 6.07) is 15.4. The van der Waals surface area contributed by atoms with Gasteiger partial charge < -0.3 is 14.1 Å². The molecule has 158 valence electrons. The number of amides is 3. The molecule has 0 saturated carbocycles.